The molecule has 2 N–H and O–H groups in total. The zero-order valence-electron chi connectivity index (χ0n) is 18.2. The molecule has 0 radical (unpaired) electrons. The minimum atomic E-state index is -1.73. The standard InChI is InChI=1S/C23H20F3N3O4S/c1-12-9-19(29-16-6-4-3-5-14(12)16)34-11-20(31)33-13(2)23(32)27-10-18(30)28-17-8-7-15(24)21(25)22(17)26/h3-9,13H,10-11H2,1-2H3,(H,27,32)(H,28,30). The fraction of sp³-hybridized carbons (Fsp3) is 0.217. The Hall–Kier alpha value is -3.60. The summed E-state index contributed by atoms with van der Waals surface area (Å²) in [5, 5.41) is 5.87. The van der Waals surface area contributed by atoms with Crippen molar-refractivity contribution in [3.05, 3.63) is 65.5 Å². The SMILES string of the molecule is Cc1cc(SCC(=O)OC(C)C(=O)NCC(=O)Nc2ccc(F)c(F)c2F)nc2ccccc12. The number of para-hydroxylation sites is 1. The lowest BCUT2D eigenvalue weighted by Crippen LogP contribution is -2.40. The van der Waals surface area contributed by atoms with Gasteiger partial charge in [0.05, 0.1) is 28.5 Å². The maximum absolute atomic E-state index is 13.6. The molecule has 178 valence electrons. The van der Waals surface area contributed by atoms with Gasteiger partial charge in [-0.3, -0.25) is 14.4 Å². The van der Waals surface area contributed by atoms with Crippen LogP contribution in [0.4, 0.5) is 18.9 Å². The van der Waals surface area contributed by atoms with Crippen molar-refractivity contribution in [2.75, 3.05) is 17.6 Å². The van der Waals surface area contributed by atoms with Crippen LogP contribution in [0.1, 0.15) is 12.5 Å². The molecular weight excluding hydrogens is 471 g/mol. The number of thioether (sulfide) groups is 1. The Balaban J connectivity index is 1.45. The van der Waals surface area contributed by atoms with E-state index < -0.39 is 53.6 Å². The van der Waals surface area contributed by atoms with Gasteiger partial charge in [-0.25, -0.2) is 18.2 Å². The number of carbonyl (C=O) groups excluding carboxylic acids is 3. The van der Waals surface area contributed by atoms with Crippen molar-refractivity contribution in [2.24, 2.45) is 0 Å². The third-order valence-corrected chi connectivity index (χ3v) is 5.53. The average Bonchev–Trinajstić information content (AvgIpc) is 2.81. The Bertz CT molecular complexity index is 1260. The van der Waals surface area contributed by atoms with E-state index in [0.717, 1.165) is 34.3 Å². The van der Waals surface area contributed by atoms with Gasteiger partial charge in [0.1, 0.15) is 0 Å². The highest BCUT2D eigenvalue weighted by molar-refractivity contribution is 7.99. The van der Waals surface area contributed by atoms with Gasteiger partial charge in [0.2, 0.25) is 5.91 Å². The molecule has 0 saturated carbocycles. The van der Waals surface area contributed by atoms with Crippen LogP contribution in [0.15, 0.2) is 47.5 Å². The van der Waals surface area contributed by atoms with Crippen LogP contribution in [0.3, 0.4) is 0 Å². The van der Waals surface area contributed by atoms with Crippen molar-refractivity contribution in [1.29, 1.82) is 0 Å². The van der Waals surface area contributed by atoms with Gasteiger partial charge in [0.25, 0.3) is 5.91 Å². The zero-order valence-corrected chi connectivity index (χ0v) is 19.0. The minimum Gasteiger partial charge on any atom is -0.452 e. The fourth-order valence-electron chi connectivity index (χ4n) is 2.94. The first-order valence-corrected chi connectivity index (χ1v) is 11.0. The summed E-state index contributed by atoms with van der Waals surface area (Å²) in [7, 11) is 0. The Morgan fingerprint density at radius 2 is 1.82 bits per heavy atom. The van der Waals surface area contributed by atoms with Crippen molar-refractivity contribution in [1.82, 2.24) is 10.3 Å². The summed E-state index contributed by atoms with van der Waals surface area (Å²) in [6.07, 6.45) is -1.20. The van der Waals surface area contributed by atoms with E-state index in [2.05, 4.69) is 10.3 Å². The normalized spacial score (nSPS) is 11.7. The third-order valence-electron chi connectivity index (χ3n) is 4.65. The van der Waals surface area contributed by atoms with E-state index in [9.17, 15) is 27.6 Å². The monoisotopic (exact) mass is 491 g/mol. The number of amides is 2. The first kappa shape index (κ1) is 25.0. The molecule has 1 unspecified atom stereocenters. The molecule has 1 aromatic heterocycles. The van der Waals surface area contributed by atoms with E-state index in [1.54, 1.807) is 0 Å². The van der Waals surface area contributed by atoms with Crippen molar-refractivity contribution in [3.8, 4) is 0 Å². The van der Waals surface area contributed by atoms with E-state index in [1.807, 2.05) is 42.6 Å². The molecule has 2 amide bonds. The summed E-state index contributed by atoms with van der Waals surface area (Å²) >= 11 is 1.16. The Labute approximate surface area is 197 Å². The van der Waals surface area contributed by atoms with Gasteiger partial charge < -0.3 is 15.4 Å². The molecule has 0 saturated heterocycles. The van der Waals surface area contributed by atoms with E-state index in [-0.39, 0.29) is 5.75 Å². The Morgan fingerprint density at radius 1 is 1.09 bits per heavy atom. The molecule has 0 fully saturated rings. The van der Waals surface area contributed by atoms with Crippen LogP contribution < -0.4 is 10.6 Å². The molecule has 1 heterocycles. The lowest BCUT2D eigenvalue weighted by Gasteiger charge is -2.14. The number of hydrogen-bond acceptors (Lipinski definition) is 6. The summed E-state index contributed by atoms with van der Waals surface area (Å²) in [4.78, 5) is 40.6. The van der Waals surface area contributed by atoms with E-state index >= 15 is 0 Å². The van der Waals surface area contributed by atoms with Crippen molar-refractivity contribution in [2.45, 2.75) is 25.0 Å². The second kappa shape index (κ2) is 11.0. The molecule has 0 aliphatic carbocycles. The van der Waals surface area contributed by atoms with Crippen LogP contribution >= 0.6 is 11.8 Å². The van der Waals surface area contributed by atoms with Crippen molar-refractivity contribution in [3.63, 3.8) is 0 Å². The number of aryl methyl sites for hydroxylation is 1. The summed E-state index contributed by atoms with van der Waals surface area (Å²) in [5.74, 6) is -7.08. The van der Waals surface area contributed by atoms with Gasteiger partial charge in [0.15, 0.2) is 23.6 Å². The molecule has 1 atom stereocenters. The molecule has 0 spiro atoms. The second-order valence-electron chi connectivity index (χ2n) is 7.20. The van der Waals surface area contributed by atoms with E-state index in [0.29, 0.717) is 11.1 Å². The second-order valence-corrected chi connectivity index (χ2v) is 8.20. The fourth-order valence-corrected chi connectivity index (χ4v) is 3.69. The number of pyridine rings is 1. The lowest BCUT2D eigenvalue weighted by molar-refractivity contribution is -0.152. The molecule has 3 rings (SSSR count). The van der Waals surface area contributed by atoms with Gasteiger partial charge in [0, 0.05) is 5.39 Å². The van der Waals surface area contributed by atoms with E-state index in [1.165, 1.54) is 6.92 Å². The van der Waals surface area contributed by atoms with Crippen LogP contribution in [0.5, 0.6) is 0 Å². The number of aromatic nitrogens is 1. The highest BCUT2D eigenvalue weighted by Gasteiger charge is 2.20. The van der Waals surface area contributed by atoms with Gasteiger partial charge in [-0.1, -0.05) is 30.0 Å². The summed E-state index contributed by atoms with van der Waals surface area (Å²) in [6, 6.07) is 11.0. The molecule has 0 aliphatic rings. The highest BCUT2D eigenvalue weighted by Crippen LogP contribution is 2.24. The first-order chi connectivity index (χ1) is 16.2. The number of ether oxygens (including phenoxy) is 1. The number of anilines is 1. The molecule has 0 aliphatic heterocycles. The topological polar surface area (TPSA) is 97.4 Å². The van der Waals surface area contributed by atoms with Gasteiger partial charge in [-0.2, -0.15) is 0 Å². The number of halogens is 3. The average molecular weight is 491 g/mol. The molecule has 7 nitrogen and oxygen atoms in total. The number of hydrogen-bond donors (Lipinski definition) is 2. The predicted octanol–water partition coefficient (Wildman–Crippen LogP) is 3.74. The Kier molecular flexibility index (Phi) is 8.11. The van der Waals surface area contributed by atoms with Crippen molar-refractivity contribution < 1.29 is 32.3 Å². The van der Waals surface area contributed by atoms with Crippen molar-refractivity contribution >= 4 is 46.1 Å². The number of nitrogens with zero attached hydrogens (tertiary/aromatic N) is 1. The molecular formula is C23H20F3N3O4S. The van der Waals surface area contributed by atoms with Gasteiger partial charge in [-0.15, -0.1) is 0 Å². The number of rotatable bonds is 8. The molecule has 3 aromatic rings. The molecule has 34 heavy (non-hydrogen) atoms. The predicted molar refractivity (Wildman–Crippen MR) is 121 cm³/mol. The number of carbonyl (C=O) groups is 3. The smallest absolute Gasteiger partial charge is 0.317 e. The molecule has 2 aromatic carbocycles. The Morgan fingerprint density at radius 3 is 2.59 bits per heavy atom. The largest absolute Gasteiger partial charge is 0.452 e. The zero-order chi connectivity index (χ0) is 24.8. The number of nitrogens with one attached hydrogen (secondary N) is 2. The maximum Gasteiger partial charge on any atom is 0.317 e. The van der Waals surface area contributed by atoms with Gasteiger partial charge in [-0.05, 0) is 43.7 Å². The number of benzene rings is 2. The number of fused-ring (bicyclic) bond motifs is 1. The first-order valence-electron chi connectivity index (χ1n) is 10.1. The van der Waals surface area contributed by atoms with Crippen LogP contribution in [0.2, 0.25) is 0 Å². The third kappa shape index (κ3) is 6.25. The quantitative estimate of drug-likeness (QED) is 0.283. The van der Waals surface area contributed by atoms with E-state index in [4.69, 9.17) is 4.74 Å². The maximum atomic E-state index is 13.6. The van der Waals surface area contributed by atoms with Crippen LogP contribution in [-0.4, -0.2) is 41.2 Å². The summed E-state index contributed by atoms with van der Waals surface area (Å²) in [6.45, 7) is 2.66. The van der Waals surface area contributed by atoms with Crippen LogP contribution in [0, 0.1) is 24.4 Å². The van der Waals surface area contributed by atoms with Crippen LogP contribution in [0.25, 0.3) is 10.9 Å². The molecule has 11 heteroatoms. The lowest BCUT2D eigenvalue weighted by atomic mass is 10.1. The highest BCUT2D eigenvalue weighted by atomic mass is 32.2. The minimum absolute atomic E-state index is 0.0850. The van der Waals surface area contributed by atoms with Crippen LogP contribution in [-0.2, 0) is 19.1 Å². The van der Waals surface area contributed by atoms with Gasteiger partial charge >= 0.3 is 5.97 Å². The number of esters is 1. The molecule has 0 bridgehead atoms. The summed E-state index contributed by atoms with van der Waals surface area (Å²) < 4.78 is 44.8. The summed E-state index contributed by atoms with van der Waals surface area (Å²) in [5.41, 5.74) is 1.23.